The summed E-state index contributed by atoms with van der Waals surface area (Å²) in [7, 11) is 0. The highest BCUT2D eigenvalue weighted by atomic mass is 19.1. The monoisotopic (exact) mass is 214 g/mol. The summed E-state index contributed by atoms with van der Waals surface area (Å²) in [6, 6.07) is 10.0. The average molecular weight is 214 g/mol. The lowest BCUT2D eigenvalue weighted by Gasteiger charge is -2.17. The van der Waals surface area contributed by atoms with Crippen LogP contribution in [0.15, 0.2) is 59.5 Å². The zero-order valence-electron chi connectivity index (χ0n) is 8.68. The van der Waals surface area contributed by atoms with Gasteiger partial charge in [-0.25, -0.2) is 4.39 Å². The van der Waals surface area contributed by atoms with E-state index in [1.54, 1.807) is 6.08 Å². The van der Waals surface area contributed by atoms with Crippen molar-refractivity contribution in [2.24, 2.45) is 4.99 Å². The van der Waals surface area contributed by atoms with Gasteiger partial charge in [-0.2, -0.15) is 0 Å². The molecule has 0 bridgehead atoms. The van der Waals surface area contributed by atoms with Crippen LogP contribution in [0.2, 0.25) is 0 Å². The van der Waals surface area contributed by atoms with Gasteiger partial charge in [-0.15, -0.1) is 0 Å². The summed E-state index contributed by atoms with van der Waals surface area (Å²) in [5, 5.41) is 0. The van der Waals surface area contributed by atoms with Crippen molar-refractivity contribution in [3.8, 4) is 0 Å². The van der Waals surface area contributed by atoms with Gasteiger partial charge >= 0.3 is 0 Å². The third-order valence-electron chi connectivity index (χ3n) is 2.83. The largest absolute Gasteiger partial charge is 0.328 e. The number of halogens is 1. The molecule has 0 saturated carbocycles. The maximum absolute atomic E-state index is 13.5. The van der Waals surface area contributed by atoms with Crippen molar-refractivity contribution in [1.29, 1.82) is 0 Å². The fourth-order valence-corrected chi connectivity index (χ4v) is 2.03. The summed E-state index contributed by atoms with van der Waals surface area (Å²) >= 11 is 0. The molecule has 0 amide bonds. The van der Waals surface area contributed by atoms with Crippen LogP contribution in [0.4, 0.5) is 4.39 Å². The van der Waals surface area contributed by atoms with Gasteiger partial charge < -0.3 is 4.90 Å². The highest BCUT2D eigenvalue weighted by molar-refractivity contribution is 5.99. The van der Waals surface area contributed by atoms with Crippen LogP contribution in [0.5, 0.6) is 0 Å². The van der Waals surface area contributed by atoms with Crippen molar-refractivity contribution in [2.75, 3.05) is 6.54 Å². The first-order valence-electron chi connectivity index (χ1n) is 5.28. The Balaban J connectivity index is 1.93. The lowest BCUT2D eigenvalue weighted by atomic mass is 10.1. The molecule has 0 N–H and O–H groups in total. The third kappa shape index (κ3) is 1.45. The quantitative estimate of drug-likeness (QED) is 0.701. The molecule has 80 valence electrons. The standard InChI is InChI=1S/C13H11FN2/c14-11-7-4-8-16-9-12(15-13(11)16)10-5-2-1-3-6-10/h1-8,12H,9H2/t12-/m0/s1. The van der Waals surface area contributed by atoms with Gasteiger partial charge in [0.15, 0.2) is 11.7 Å². The molecule has 1 aromatic rings. The molecule has 2 heterocycles. The van der Waals surface area contributed by atoms with E-state index in [2.05, 4.69) is 4.99 Å². The van der Waals surface area contributed by atoms with Gasteiger partial charge in [0.05, 0.1) is 12.6 Å². The maximum atomic E-state index is 13.5. The minimum atomic E-state index is -0.249. The Hall–Kier alpha value is -1.90. The molecule has 0 radical (unpaired) electrons. The first-order chi connectivity index (χ1) is 7.84. The molecule has 0 aromatic heterocycles. The molecule has 2 nitrogen and oxygen atoms in total. The second kappa shape index (κ2) is 3.59. The van der Waals surface area contributed by atoms with E-state index in [9.17, 15) is 4.39 Å². The summed E-state index contributed by atoms with van der Waals surface area (Å²) in [5.41, 5.74) is 1.13. The van der Waals surface area contributed by atoms with Gasteiger partial charge in [0.25, 0.3) is 0 Å². The van der Waals surface area contributed by atoms with Gasteiger partial charge in [-0.3, -0.25) is 4.99 Å². The first-order valence-corrected chi connectivity index (χ1v) is 5.28. The number of nitrogens with zero attached hydrogens (tertiary/aromatic N) is 2. The third-order valence-corrected chi connectivity index (χ3v) is 2.83. The van der Waals surface area contributed by atoms with Crippen LogP contribution in [0, 0.1) is 0 Å². The van der Waals surface area contributed by atoms with E-state index in [1.807, 2.05) is 41.4 Å². The van der Waals surface area contributed by atoms with Crippen LogP contribution in [0.3, 0.4) is 0 Å². The zero-order chi connectivity index (χ0) is 11.0. The number of fused-ring (bicyclic) bond motifs is 1. The number of hydrogen-bond donors (Lipinski definition) is 0. The predicted molar refractivity (Wildman–Crippen MR) is 61.7 cm³/mol. The van der Waals surface area contributed by atoms with Crippen LogP contribution in [0.25, 0.3) is 0 Å². The molecule has 0 saturated heterocycles. The number of allylic oxidation sites excluding steroid dienone is 2. The number of amidine groups is 1. The highest BCUT2D eigenvalue weighted by Crippen LogP contribution is 2.29. The van der Waals surface area contributed by atoms with Crippen molar-refractivity contribution >= 4 is 5.84 Å². The lowest BCUT2D eigenvalue weighted by molar-refractivity contribution is 0.533. The molecule has 3 heteroatoms. The van der Waals surface area contributed by atoms with E-state index < -0.39 is 0 Å². The van der Waals surface area contributed by atoms with E-state index in [4.69, 9.17) is 0 Å². The number of hydrogen-bond acceptors (Lipinski definition) is 2. The smallest absolute Gasteiger partial charge is 0.165 e. The summed E-state index contributed by atoms with van der Waals surface area (Å²) in [5.74, 6) is 0.206. The molecule has 0 unspecified atom stereocenters. The SMILES string of the molecule is FC1=CC=CN2C[C@@H](c3ccccc3)N=C12. The number of aliphatic imine (C=N–C) groups is 1. The Morgan fingerprint density at radius 3 is 2.81 bits per heavy atom. The second-order valence-electron chi connectivity index (χ2n) is 3.89. The van der Waals surface area contributed by atoms with E-state index in [0.29, 0.717) is 5.84 Å². The minimum absolute atomic E-state index is 0.0399. The fourth-order valence-electron chi connectivity index (χ4n) is 2.03. The molecule has 16 heavy (non-hydrogen) atoms. The Bertz CT molecular complexity index is 488. The molecule has 2 aliphatic rings. The normalized spacial score (nSPS) is 22.8. The van der Waals surface area contributed by atoms with Crippen molar-refractivity contribution in [2.45, 2.75) is 6.04 Å². The van der Waals surface area contributed by atoms with Crippen LogP contribution in [-0.4, -0.2) is 17.3 Å². The Labute approximate surface area is 93.4 Å². The van der Waals surface area contributed by atoms with Crippen molar-refractivity contribution in [3.63, 3.8) is 0 Å². The molecule has 1 atom stereocenters. The molecule has 2 aliphatic heterocycles. The van der Waals surface area contributed by atoms with Crippen LogP contribution < -0.4 is 0 Å². The maximum Gasteiger partial charge on any atom is 0.165 e. The van der Waals surface area contributed by atoms with Gasteiger partial charge in [0.1, 0.15) is 0 Å². The summed E-state index contributed by atoms with van der Waals surface area (Å²) in [4.78, 5) is 6.26. The molecular formula is C13H11FN2. The van der Waals surface area contributed by atoms with Crippen LogP contribution in [0.1, 0.15) is 11.6 Å². The summed E-state index contributed by atoms with van der Waals surface area (Å²) in [6.45, 7) is 0.719. The van der Waals surface area contributed by atoms with Gasteiger partial charge in [-0.1, -0.05) is 30.3 Å². The highest BCUT2D eigenvalue weighted by Gasteiger charge is 2.28. The van der Waals surface area contributed by atoms with Crippen molar-refractivity contribution < 1.29 is 4.39 Å². The fraction of sp³-hybridized carbons (Fsp3) is 0.154. The van der Waals surface area contributed by atoms with E-state index in [1.165, 1.54) is 6.08 Å². The number of benzene rings is 1. The Morgan fingerprint density at radius 1 is 1.25 bits per heavy atom. The molecule has 0 fully saturated rings. The molecule has 0 aliphatic carbocycles. The molecule has 1 aromatic carbocycles. The van der Waals surface area contributed by atoms with Crippen LogP contribution in [-0.2, 0) is 0 Å². The van der Waals surface area contributed by atoms with Gasteiger partial charge in [0, 0.05) is 6.20 Å². The first kappa shape index (κ1) is 9.33. The second-order valence-corrected chi connectivity index (χ2v) is 3.89. The van der Waals surface area contributed by atoms with Gasteiger partial charge in [0.2, 0.25) is 0 Å². The van der Waals surface area contributed by atoms with E-state index >= 15 is 0 Å². The predicted octanol–water partition coefficient (Wildman–Crippen LogP) is 2.82. The van der Waals surface area contributed by atoms with Crippen LogP contribution >= 0.6 is 0 Å². The minimum Gasteiger partial charge on any atom is -0.328 e. The van der Waals surface area contributed by atoms with E-state index in [-0.39, 0.29) is 11.9 Å². The van der Waals surface area contributed by atoms with Crippen molar-refractivity contribution in [3.05, 3.63) is 60.1 Å². The zero-order valence-corrected chi connectivity index (χ0v) is 8.68. The number of rotatable bonds is 1. The lowest BCUT2D eigenvalue weighted by Crippen LogP contribution is -2.24. The van der Waals surface area contributed by atoms with Crippen molar-refractivity contribution in [1.82, 2.24) is 4.90 Å². The molecule has 3 rings (SSSR count). The van der Waals surface area contributed by atoms with E-state index in [0.717, 1.165) is 12.1 Å². The summed E-state index contributed by atoms with van der Waals surface area (Å²) < 4.78 is 13.5. The van der Waals surface area contributed by atoms with Gasteiger partial charge in [-0.05, 0) is 17.7 Å². The Morgan fingerprint density at radius 2 is 2.06 bits per heavy atom. The summed E-state index contributed by atoms with van der Waals surface area (Å²) in [6.07, 6.45) is 5.02. The molecule has 0 spiro atoms. The topological polar surface area (TPSA) is 15.6 Å². The average Bonchev–Trinajstić information content (AvgIpc) is 2.76. The Kier molecular flexibility index (Phi) is 2.10. The molecular weight excluding hydrogens is 203 g/mol.